The van der Waals surface area contributed by atoms with Crippen LogP contribution >= 0.6 is 0 Å². The van der Waals surface area contributed by atoms with Crippen molar-refractivity contribution >= 4 is 5.97 Å². The van der Waals surface area contributed by atoms with Gasteiger partial charge >= 0.3 is 5.97 Å². The molecule has 0 amide bonds. The lowest BCUT2D eigenvalue weighted by atomic mass is 9.66. The van der Waals surface area contributed by atoms with Crippen molar-refractivity contribution in [3.63, 3.8) is 0 Å². The average molecular weight is 346 g/mol. The number of hydrogen-bond donors (Lipinski definition) is 1. The highest BCUT2D eigenvalue weighted by Gasteiger charge is 2.46. The summed E-state index contributed by atoms with van der Waals surface area (Å²) in [6.07, 6.45) is 1.31. The van der Waals surface area contributed by atoms with Gasteiger partial charge < -0.3 is 10.5 Å². The van der Waals surface area contributed by atoms with Crippen LogP contribution in [0.25, 0.3) is 0 Å². The van der Waals surface area contributed by atoms with Crippen molar-refractivity contribution in [1.29, 1.82) is 15.8 Å². The molecule has 2 rings (SSSR count). The van der Waals surface area contributed by atoms with E-state index in [2.05, 4.69) is 0 Å². The van der Waals surface area contributed by atoms with Crippen LogP contribution in [0.3, 0.4) is 0 Å². The zero-order valence-electron chi connectivity index (χ0n) is 14.6. The molecule has 1 unspecified atom stereocenters. The Balaban J connectivity index is 2.68. The molecule has 0 fully saturated rings. The van der Waals surface area contributed by atoms with Crippen LogP contribution < -0.4 is 5.73 Å². The molecule has 0 radical (unpaired) electrons. The van der Waals surface area contributed by atoms with Gasteiger partial charge in [0, 0.05) is 12.0 Å². The Hall–Kier alpha value is -3.56. The maximum Gasteiger partial charge on any atom is 0.330 e. The number of nitrogens with two attached hydrogens (primary N) is 1. The van der Waals surface area contributed by atoms with Crippen molar-refractivity contribution in [3.8, 4) is 18.2 Å². The molecular weight excluding hydrogens is 328 g/mol. The Morgan fingerprint density at radius 2 is 1.92 bits per heavy atom. The van der Waals surface area contributed by atoms with Gasteiger partial charge in [-0.3, -0.25) is 0 Å². The van der Waals surface area contributed by atoms with Crippen LogP contribution in [0.4, 0.5) is 0 Å². The number of hydrogen-bond acceptors (Lipinski definition) is 6. The van der Waals surface area contributed by atoms with Crippen molar-refractivity contribution in [2.24, 2.45) is 11.1 Å². The van der Waals surface area contributed by atoms with E-state index < -0.39 is 17.3 Å². The molecule has 0 aliphatic heterocycles. The summed E-state index contributed by atoms with van der Waals surface area (Å²) < 4.78 is 4.92. The standard InChI is InChI=1S/C20H18N4O2/c1-3-26-18(25)9-15-8-16(14-6-4-13(2)5-7-14)17(10-21)19(24)20(15,11-22)12-23/h4-7,9,16H,3,8,24H2,1-2H3/b15-9+. The normalized spacial score (nSPS) is 20.0. The molecule has 2 N–H and O–H groups in total. The lowest BCUT2D eigenvalue weighted by molar-refractivity contribution is -0.137. The Morgan fingerprint density at radius 3 is 2.42 bits per heavy atom. The molecule has 130 valence electrons. The van der Waals surface area contributed by atoms with E-state index in [9.17, 15) is 20.6 Å². The van der Waals surface area contributed by atoms with Gasteiger partial charge in [0.25, 0.3) is 0 Å². The minimum Gasteiger partial charge on any atom is -0.463 e. The molecule has 1 aliphatic carbocycles. The number of rotatable bonds is 3. The molecule has 0 aromatic heterocycles. The first-order chi connectivity index (χ1) is 12.4. The summed E-state index contributed by atoms with van der Waals surface area (Å²) in [6, 6.07) is 13.4. The van der Waals surface area contributed by atoms with Crippen LogP contribution in [0.1, 0.15) is 30.4 Å². The number of nitriles is 3. The first-order valence-electron chi connectivity index (χ1n) is 8.10. The third-order valence-electron chi connectivity index (χ3n) is 4.46. The summed E-state index contributed by atoms with van der Waals surface area (Å²) in [6.45, 7) is 3.78. The van der Waals surface area contributed by atoms with Gasteiger partial charge in [0.05, 0.1) is 36.1 Å². The Kier molecular flexibility index (Phi) is 5.45. The Bertz CT molecular complexity index is 891. The van der Waals surface area contributed by atoms with E-state index in [4.69, 9.17) is 10.5 Å². The van der Waals surface area contributed by atoms with E-state index >= 15 is 0 Å². The first kappa shape index (κ1) is 18.8. The van der Waals surface area contributed by atoms with Crippen molar-refractivity contribution < 1.29 is 9.53 Å². The predicted octanol–water partition coefficient (Wildman–Crippen LogP) is 2.74. The SMILES string of the molecule is CCOC(=O)/C=C1\CC(c2ccc(C)cc2)C(C#N)=C(N)C1(C#N)C#N. The molecule has 0 saturated carbocycles. The molecule has 1 aromatic carbocycles. The number of benzene rings is 1. The van der Waals surface area contributed by atoms with Gasteiger partial charge in [-0.25, -0.2) is 4.79 Å². The van der Waals surface area contributed by atoms with E-state index in [1.54, 1.807) is 6.92 Å². The molecule has 0 heterocycles. The van der Waals surface area contributed by atoms with Crippen molar-refractivity contribution in [1.82, 2.24) is 0 Å². The fraction of sp³-hybridized carbons (Fsp3) is 0.300. The minimum absolute atomic E-state index is 0.127. The minimum atomic E-state index is -1.85. The molecular formula is C20H18N4O2. The van der Waals surface area contributed by atoms with Gasteiger partial charge in [-0.05, 0) is 31.4 Å². The summed E-state index contributed by atoms with van der Waals surface area (Å²) in [4.78, 5) is 11.9. The van der Waals surface area contributed by atoms with E-state index in [0.717, 1.165) is 17.2 Å². The van der Waals surface area contributed by atoms with Crippen LogP contribution in [-0.2, 0) is 9.53 Å². The smallest absolute Gasteiger partial charge is 0.330 e. The van der Waals surface area contributed by atoms with Crippen molar-refractivity contribution in [2.75, 3.05) is 6.61 Å². The molecule has 1 atom stereocenters. The molecule has 0 saturated heterocycles. The van der Waals surface area contributed by atoms with E-state index in [-0.39, 0.29) is 29.9 Å². The highest BCUT2D eigenvalue weighted by molar-refractivity contribution is 5.84. The van der Waals surface area contributed by atoms with E-state index in [1.165, 1.54) is 0 Å². The van der Waals surface area contributed by atoms with Gasteiger partial charge in [-0.1, -0.05) is 29.8 Å². The van der Waals surface area contributed by atoms with Crippen LogP contribution in [0.5, 0.6) is 0 Å². The molecule has 0 spiro atoms. The summed E-state index contributed by atoms with van der Waals surface area (Å²) in [5, 5.41) is 28.9. The maximum absolute atomic E-state index is 11.9. The Labute approximate surface area is 152 Å². The number of aryl methyl sites for hydroxylation is 1. The van der Waals surface area contributed by atoms with Crippen LogP contribution in [0, 0.1) is 46.3 Å². The molecule has 26 heavy (non-hydrogen) atoms. The monoisotopic (exact) mass is 346 g/mol. The maximum atomic E-state index is 11.9. The topological polar surface area (TPSA) is 124 Å². The van der Waals surface area contributed by atoms with Crippen molar-refractivity contribution in [2.45, 2.75) is 26.2 Å². The predicted molar refractivity (Wildman–Crippen MR) is 93.7 cm³/mol. The van der Waals surface area contributed by atoms with E-state index in [1.807, 2.05) is 49.4 Å². The molecule has 1 aliphatic rings. The summed E-state index contributed by atoms with van der Waals surface area (Å²) in [5.41, 5.74) is 6.44. The fourth-order valence-corrected chi connectivity index (χ4v) is 3.04. The van der Waals surface area contributed by atoms with Gasteiger partial charge in [0.2, 0.25) is 5.41 Å². The first-order valence-corrected chi connectivity index (χ1v) is 8.10. The number of ether oxygens (including phenoxy) is 1. The second kappa shape index (κ2) is 7.55. The highest BCUT2D eigenvalue weighted by Crippen LogP contribution is 2.47. The zero-order chi connectivity index (χ0) is 19.3. The van der Waals surface area contributed by atoms with Crippen LogP contribution in [0.2, 0.25) is 0 Å². The molecule has 6 heteroatoms. The number of carbonyl (C=O) groups excluding carboxylic acids is 1. The zero-order valence-corrected chi connectivity index (χ0v) is 14.6. The fourth-order valence-electron chi connectivity index (χ4n) is 3.04. The molecule has 1 aromatic rings. The summed E-state index contributed by atoms with van der Waals surface area (Å²) in [7, 11) is 0. The third-order valence-corrected chi connectivity index (χ3v) is 4.46. The summed E-state index contributed by atoms with van der Waals surface area (Å²) in [5.74, 6) is -1.08. The van der Waals surface area contributed by atoms with Gasteiger partial charge in [-0.2, -0.15) is 15.8 Å². The number of allylic oxidation sites excluding steroid dienone is 2. The van der Waals surface area contributed by atoms with Crippen LogP contribution in [0.15, 0.2) is 47.2 Å². The average Bonchev–Trinajstić information content (AvgIpc) is 2.63. The Morgan fingerprint density at radius 1 is 1.31 bits per heavy atom. The highest BCUT2D eigenvalue weighted by atomic mass is 16.5. The quantitative estimate of drug-likeness (QED) is 0.663. The van der Waals surface area contributed by atoms with Gasteiger partial charge in [0.1, 0.15) is 0 Å². The van der Waals surface area contributed by atoms with E-state index in [0.29, 0.717) is 0 Å². The molecule has 6 nitrogen and oxygen atoms in total. The second-order valence-corrected chi connectivity index (χ2v) is 6.00. The van der Waals surface area contributed by atoms with Crippen molar-refractivity contribution in [3.05, 3.63) is 58.3 Å². The largest absolute Gasteiger partial charge is 0.463 e. The second-order valence-electron chi connectivity index (χ2n) is 6.00. The van der Waals surface area contributed by atoms with Gasteiger partial charge in [-0.15, -0.1) is 0 Å². The number of esters is 1. The summed E-state index contributed by atoms with van der Waals surface area (Å²) >= 11 is 0. The molecule has 0 bridgehead atoms. The lowest BCUT2D eigenvalue weighted by Gasteiger charge is -2.33. The number of carbonyl (C=O) groups is 1. The van der Waals surface area contributed by atoms with Crippen LogP contribution in [-0.4, -0.2) is 12.6 Å². The third kappa shape index (κ3) is 3.16. The van der Waals surface area contributed by atoms with Gasteiger partial charge in [0.15, 0.2) is 0 Å². The lowest BCUT2D eigenvalue weighted by Crippen LogP contribution is -2.35. The number of nitrogens with zero attached hydrogens (tertiary/aromatic N) is 3.